The molecule has 1 aliphatic rings. The third-order valence-electron chi connectivity index (χ3n) is 1.52. The Morgan fingerprint density at radius 3 is 2.83 bits per heavy atom. The summed E-state index contributed by atoms with van der Waals surface area (Å²) in [5, 5.41) is 8.92. The molecule has 4 heteroatoms. The van der Waals surface area contributed by atoms with E-state index in [-0.39, 0.29) is 18.0 Å². The van der Waals surface area contributed by atoms with Crippen molar-refractivity contribution in [3.05, 3.63) is 12.0 Å². The van der Waals surface area contributed by atoms with Crippen molar-refractivity contribution in [1.82, 2.24) is 4.90 Å². The van der Waals surface area contributed by atoms with Crippen molar-refractivity contribution in [2.75, 3.05) is 20.6 Å². The lowest BCUT2D eigenvalue weighted by Crippen LogP contribution is -2.25. The van der Waals surface area contributed by atoms with Crippen molar-refractivity contribution in [3.8, 4) is 0 Å². The van der Waals surface area contributed by atoms with Crippen LogP contribution in [0.5, 0.6) is 0 Å². The van der Waals surface area contributed by atoms with Crippen LogP contribution in [0.3, 0.4) is 0 Å². The number of aliphatic hydroxyl groups excluding tert-OH is 1. The molecule has 0 bridgehead atoms. The van der Waals surface area contributed by atoms with Gasteiger partial charge in [-0.15, -0.1) is 0 Å². The standard InChI is InChI=1S/C8H12N2O2/c1-10(2)5-6-3-7(11)8(12)4-9-6/h4,12H,3,5H2,1-2H3. The second-order valence-electron chi connectivity index (χ2n) is 3.05. The van der Waals surface area contributed by atoms with Crippen molar-refractivity contribution >= 4 is 11.5 Å². The highest BCUT2D eigenvalue weighted by molar-refractivity contribution is 6.10. The van der Waals surface area contributed by atoms with Gasteiger partial charge in [0.2, 0.25) is 5.78 Å². The quantitative estimate of drug-likeness (QED) is 0.647. The SMILES string of the molecule is CN(C)CC1=NC=C(O)C(=O)C1. The summed E-state index contributed by atoms with van der Waals surface area (Å²) in [6, 6.07) is 0. The van der Waals surface area contributed by atoms with E-state index in [4.69, 9.17) is 5.11 Å². The summed E-state index contributed by atoms with van der Waals surface area (Å²) < 4.78 is 0. The van der Waals surface area contributed by atoms with Crippen molar-refractivity contribution < 1.29 is 9.90 Å². The minimum absolute atomic E-state index is 0.237. The van der Waals surface area contributed by atoms with Crippen LogP contribution in [0.1, 0.15) is 6.42 Å². The van der Waals surface area contributed by atoms with E-state index in [2.05, 4.69) is 4.99 Å². The van der Waals surface area contributed by atoms with Crippen LogP contribution in [-0.2, 0) is 4.79 Å². The van der Waals surface area contributed by atoms with Crippen LogP contribution in [-0.4, -0.2) is 42.1 Å². The fraction of sp³-hybridized carbons (Fsp3) is 0.500. The summed E-state index contributed by atoms with van der Waals surface area (Å²) >= 11 is 0. The predicted molar refractivity (Wildman–Crippen MR) is 46.3 cm³/mol. The van der Waals surface area contributed by atoms with Gasteiger partial charge >= 0.3 is 0 Å². The molecule has 0 saturated heterocycles. The first-order chi connectivity index (χ1) is 5.59. The Balaban J connectivity index is 2.64. The van der Waals surface area contributed by atoms with Gasteiger partial charge < -0.3 is 10.0 Å². The summed E-state index contributed by atoms with van der Waals surface area (Å²) in [6.07, 6.45) is 1.45. The second-order valence-corrected chi connectivity index (χ2v) is 3.05. The summed E-state index contributed by atoms with van der Waals surface area (Å²) in [4.78, 5) is 16.8. The molecular weight excluding hydrogens is 156 g/mol. The van der Waals surface area contributed by atoms with Gasteiger partial charge in [0.05, 0.1) is 12.6 Å². The molecule has 0 spiro atoms. The first-order valence-corrected chi connectivity index (χ1v) is 3.72. The smallest absolute Gasteiger partial charge is 0.204 e. The Labute approximate surface area is 71.2 Å². The van der Waals surface area contributed by atoms with Gasteiger partial charge in [-0.05, 0) is 14.1 Å². The average Bonchev–Trinajstić information content (AvgIpc) is 1.96. The van der Waals surface area contributed by atoms with Crippen molar-refractivity contribution in [3.63, 3.8) is 0 Å². The molecule has 12 heavy (non-hydrogen) atoms. The summed E-state index contributed by atoms with van der Waals surface area (Å²) in [7, 11) is 3.82. The maximum atomic E-state index is 11.0. The van der Waals surface area contributed by atoms with Crippen molar-refractivity contribution in [2.45, 2.75) is 6.42 Å². The summed E-state index contributed by atoms with van der Waals surface area (Å²) in [5.41, 5.74) is 0.794. The number of hydrogen-bond donors (Lipinski definition) is 1. The highest BCUT2D eigenvalue weighted by Crippen LogP contribution is 2.05. The minimum Gasteiger partial charge on any atom is -0.503 e. The number of hydrogen-bond acceptors (Lipinski definition) is 4. The number of aliphatic hydroxyl groups is 1. The monoisotopic (exact) mass is 168 g/mol. The molecule has 0 atom stereocenters. The van der Waals surface area contributed by atoms with Crippen LogP contribution < -0.4 is 0 Å². The van der Waals surface area contributed by atoms with E-state index in [9.17, 15) is 4.79 Å². The molecule has 1 rings (SSSR count). The van der Waals surface area contributed by atoms with Crippen LogP contribution in [0.25, 0.3) is 0 Å². The highest BCUT2D eigenvalue weighted by atomic mass is 16.3. The lowest BCUT2D eigenvalue weighted by atomic mass is 10.1. The Kier molecular flexibility index (Phi) is 2.60. The first kappa shape index (κ1) is 8.93. The van der Waals surface area contributed by atoms with E-state index >= 15 is 0 Å². The Morgan fingerprint density at radius 2 is 2.33 bits per heavy atom. The second kappa shape index (κ2) is 3.49. The van der Waals surface area contributed by atoms with E-state index in [1.807, 2.05) is 19.0 Å². The third kappa shape index (κ3) is 2.17. The van der Waals surface area contributed by atoms with Crippen LogP contribution in [0.15, 0.2) is 17.0 Å². The molecule has 0 aromatic heterocycles. The average molecular weight is 168 g/mol. The van der Waals surface area contributed by atoms with E-state index in [0.717, 1.165) is 5.71 Å². The number of carbonyl (C=O) groups is 1. The Bertz CT molecular complexity index is 254. The molecular formula is C8H12N2O2. The number of aliphatic imine (C=N–C) groups is 1. The fourth-order valence-corrected chi connectivity index (χ4v) is 1.01. The topological polar surface area (TPSA) is 52.9 Å². The van der Waals surface area contributed by atoms with Gasteiger partial charge in [-0.3, -0.25) is 9.79 Å². The van der Waals surface area contributed by atoms with Gasteiger partial charge in [-0.2, -0.15) is 0 Å². The molecule has 1 N–H and O–H groups in total. The Morgan fingerprint density at radius 1 is 1.67 bits per heavy atom. The van der Waals surface area contributed by atoms with Crippen molar-refractivity contribution in [1.29, 1.82) is 0 Å². The number of nitrogens with zero attached hydrogens (tertiary/aromatic N) is 2. The molecule has 0 amide bonds. The summed E-state index contributed by atoms with van der Waals surface area (Å²) in [6.45, 7) is 0.662. The minimum atomic E-state index is -0.248. The van der Waals surface area contributed by atoms with Gasteiger partial charge in [0, 0.05) is 12.3 Å². The maximum absolute atomic E-state index is 11.0. The molecule has 0 saturated carbocycles. The molecule has 66 valence electrons. The first-order valence-electron chi connectivity index (χ1n) is 3.72. The van der Waals surface area contributed by atoms with Crippen LogP contribution in [0.4, 0.5) is 0 Å². The van der Waals surface area contributed by atoms with Gasteiger partial charge in [-0.1, -0.05) is 0 Å². The largest absolute Gasteiger partial charge is 0.503 e. The van der Waals surface area contributed by atoms with E-state index < -0.39 is 0 Å². The number of carbonyl (C=O) groups excluding carboxylic acids is 1. The molecule has 1 aliphatic heterocycles. The number of ketones is 1. The number of allylic oxidation sites excluding steroid dienone is 1. The zero-order chi connectivity index (χ0) is 9.14. The molecule has 0 radical (unpaired) electrons. The number of Topliss-reactive ketones (excluding diaryl/α,β-unsaturated/α-hetero) is 1. The van der Waals surface area contributed by atoms with E-state index in [1.165, 1.54) is 6.20 Å². The lowest BCUT2D eigenvalue weighted by Gasteiger charge is -2.13. The maximum Gasteiger partial charge on any atom is 0.204 e. The molecule has 0 unspecified atom stereocenters. The zero-order valence-corrected chi connectivity index (χ0v) is 7.24. The van der Waals surface area contributed by atoms with E-state index in [1.54, 1.807) is 0 Å². The Hall–Kier alpha value is -1.16. The molecule has 4 nitrogen and oxygen atoms in total. The third-order valence-corrected chi connectivity index (χ3v) is 1.52. The van der Waals surface area contributed by atoms with Gasteiger partial charge in [0.15, 0.2) is 5.76 Å². The molecule has 0 aliphatic carbocycles. The molecule has 0 fully saturated rings. The van der Waals surface area contributed by atoms with Crippen LogP contribution >= 0.6 is 0 Å². The van der Waals surface area contributed by atoms with Gasteiger partial charge in [0.1, 0.15) is 0 Å². The predicted octanol–water partition coefficient (Wildman–Crippen LogP) is 0.361. The van der Waals surface area contributed by atoms with Crippen molar-refractivity contribution in [2.24, 2.45) is 4.99 Å². The number of rotatable bonds is 2. The summed E-state index contributed by atoms with van der Waals surface area (Å²) in [5.74, 6) is -0.487. The molecule has 0 aromatic carbocycles. The zero-order valence-electron chi connectivity index (χ0n) is 7.24. The fourth-order valence-electron chi connectivity index (χ4n) is 1.01. The normalized spacial score (nSPS) is 17.8. The van der Waals surface area contributed by atoms with Gasteiger partial charge in [0.25, 0.3) is 0 Å². The van der Waals surface area contributed by atoms with Gasteiger partial charge in [-0.25, -0.2) is 0 Å². The van der Waals surface area contributed by atoms with Crippen LogP contribution in [0, 0.1) is 0 Å². The molecule has 1 heterocycles. The molecule has 0 aromatic rings. The van der Waals surface area contributed by atoms with E-state index in [0.29, 0.717) is 6.54 Å². The van der Waals surface area contributed by atoms with Crippen LogP contribution in [0.2, 0.25) is 0 Å². The lowest BCUT2D eigenvalue weighted by molar-refractivity contribution is -0.117. The highest BCUT2D eigenvalue weighted by Gasteiger charge is 2.15.